The van der Waals surface area contributed by atoms with E-state index in [1.165, 1.54) is 5.69 Å². The summed E-state index contributed by atoms with van der Waals surface area (Å²) in [6.45, 7) is 10.2. The van der Waals surface area contributed by atoms with Gasteiger partial charge in [-0.1, -0.05) is 0 Å². The fraction of sp³-hybridized carbons (Fsp3) is 0.609. The van der Waals surface area contributed by atoms with Gasteiger partial charge in [0.1, 0.15) is 5.82 Å². The third-order valence-electron chi connectivity index (χ3n) is 5.96. The normalized spacial score (nSPS) is 21.5. The van der Waals surface area contributed by atoms with Crippen molar-refractivity contribution in [3.05, 3.63) is 36.3 Å². The molecule has 2 aromatic heterocycles. The van der Waals surface area contributed by atoms with Crippen molar-refractivity contribution in [3.8, 4) is 0 Å². The van der Waals surface area contributed by atoms with Crippen molar-refractivity contribution in [1.29, 1.82) is 0 Å². The van der Waals surface area contributed by atoms with Crippen LogP contribution in [-0.4, -0.2) is 72.2 Å². The van der Waals surface area contributed by atoms with Crippen molar-refractivity contribution in [3.63, 3.8) is 0 Å². The number of hydrogen-bond acceptors (Lipinski definition) is 6. The standard InChI is InChI=1S/C23H36N8O.HI/c1-4-24-23(28-20-6-5-9-30(16-20)21-14-27-29(3)17-21)26-13-19-7-8-25-22(12-19)31-10-11-32-18(2)15-31;/h7-8,12,14,17-18,20H,4-6,9-11,13,15-16H2,1-3H3,(H2,24,26,28);1H. The average molecular weight is 569 g/mol. The fourth-order valence-electron chi connectivity index (χ4n) is 4.34. The molecule has 2 aliphatic heterocycles. The van der Waals surface area contributed by atoms with Crippen LogP contribution in [0.25, 0.3) is 0 Å². The lowest BCUT2D eigenvalue weighted by atomic mass is 10.1. The monoisotopic (exact) mass is 568 g/mol. The Morgan fingerprint density at radius 3 is 2.91 bits per heavy atom. The number of aliphatic imine (C=N–C) groups is 1. The third kappa shape index (κ3) is 7.20. The number of guanidine groups is 1. The highest BCUT2D eigenvalue weighted by molar-refractivity contribution is 14.0. The quantitative estimate of drug-likeness (QED) is 0.315. The van der Waals surface area contributed by atoms with Crippen molar-refractivity contribution in [2.75, 3.05) is 49.1 Å². The molecule has 0 bridgehead atoms. The summed E-state index contributed by atoms with van der Waals surface area (Å²) in [4.78, 5) is 14.1. The topological polar surface area (TPSA) is 82.8 Å². The summed E-state index contributed by atoms with van der Waals surface area (Å²) in [6.07, 6.45) is 8.43. The molecule has 2 fully saturated rings. The van der Waals surface area contributed by atoms with Crippen LogP contribution in [0.5, 0.6) is 0 Å². The number of anilines is 2. The van der Waals surface area contributed by atoms with E-state index in [-0.39, 0.29) is 30.1 Å². The van der Waals surface area contributed by atoms with Crippen molar-refractivity contribution >= 4 is 41.4 Å². The molecule has 0 saturated carbocycles. The van der Waals surface area contributed by atoms with Crippen LogP contribution in [-0.2, 0) is 18.3 Å². The van der Waals surface area contributed by atoms with E-state index in [0.29, 0.717) is 12.6 Å². The Hall–Kier alpha value is -2.08. The van der Waals surface area contributed by atoms with Crippen molar-refractivity contribution in [2.24, 2.45) is 12.0 Å². The molecule has 9 nitrogen and oxygen atoms in total. The molecule has 33 heavy (non-hydrogen) atoms. The maximum Gasteiger partial charge on any atom is 0.191 e. The van der Waals surface area contributed by atoms with Crippen molar-refractivity contribution < 1.29 is 4.74 Å². The Balaban J connectivity index is 0.00000306. The Morgan fingerprint density at radius 2 is 2.15 bits per heavy atom. The molecule has 0 aliphatic carbocycles. The molecule has 10 heteroatoms. The van der Waals surface area contributed by atoms with Crippen LogP contribution in [0, 0.1) is 0 Å². The second kappa shape index (κ2) is 12.4. The summed E-state index contributed by atoms with van der Waals surface area (Å²) in [5, 5.41) is 11.4. The maximum atomic E-state index is 5.66. The van der Waals surface area contributed by atoms with E-state index in [1.807, 2.05) is 30.2 Å². The number of rotatable bonds is 6. The van der Waals surface area contributed by atoms with Crippen LogP contribution in [0.2, 0.25) is 0 Å². The molecule has 2 aliphatic rings. The number of pyridine rings is 1. The highest BCUT2D eigenvalue weighted by atomic mass is 127. The molecule has 2 saturated heterocycles. The van der Waals surface area contributed by atoms with Gasteiger partial charge in [0.05, 0.1) is 31.1 Å². The van der Waals surface area contributed by atoms with Gasteiger partial charge in [0.2, 0.25) is 0 Å². The van der Waals surface area contributed by atoms with E-state index in [9.17, 15) is 0 Å². The molecular weight excluding hydrogens is 531 g/mol. The Kier molecular flexibility index (Phi) is 9.60. The number of morpholine rings is 1. The molecule has 4 heterocycles. The first kappa shape index (κ1) is 25.5. The van der Waals surface area contributed by atoms with Gasteiger partial charge in [-0.3, -0.25) is 4.68 Å². The molecule has 2 aromatic rings. The summed E-state index contributed by atoms with van der Waals surface area (Å²) in [7, 11) is 1.96. The van der Waals surface area contributed by atoms with E-state index >= 15 is 0 Å². The van der Waals surface area contributed by atoms with Gasteiger partial charge in [0.25, 0.3) is 0 Å². The molecule has 2 atom stereocenters. The van der Waals surface area contributed by atoms with Gasteiger partial charge in [0, 0.05) is 58.2 Å². The van der Waals surface area contributed by atoms with Gasteiger partial charge in [-0.15, -0.1) is 24.0 Å². The second-order valence-electron chi connectivity index (χ2n) is 8.65. The van der Waals surface area contributed by atoms with Crippen LogP contribution < -0.4 is 20.4 Å². The molecule has 0 aromatic carbocycles. The Bertz CT molecular complexity index is 904. The largest absolute Gasteiger partial charge is 0.375 e. The lowest BCUT2D eigenvalue weighted by molar-refractivity contribution is 0.0529. The Labute approximate surface area is 214 Å². The van der Waals surface area contributed by atoms with Gasteiger partial charge in [0.15, 0.2) is 5.96 Å². The molecule has 2 unspecified atom stereocenters. The van der Waals surface area contributed by atoms with Crippen LogP contribution in [0.3, 0.4) is 0 Å². The average Bonchev–Trinajstić information content (AvgIpc) is 3.24. The minimum Gasteiger partial charge on any atom is -0.375 e. The van der Waals surface area contributed by atoms with Crippen LogP contribution >= 0.6 is 24.0 Å². The van der Waals surface area contributed by atoms with Crippen LogP contribution in [0.4, 0.5) is 11.5 Å². The molecule has 0 amide bonds. The summed E-state index contributed by atoms with van der Waals surface area (Å²) in [5.41, 5.74) is 2.34. The number of piperidine rings is 1. The number of aryl methyl sites for hydroxylation is 1. The minimum atomic E-state index is 0. The summed E-state index contributed by atoms with van der Waals surface area (Å²) < 4.78 is 7.52. The first-order valence-corrected chi connectivity index (χ1v) is 11.7. The van der Waals surface area contributed by atoms with Gasteiger partial charge in [-0.25, -0.2) is 9.98 Å². The van der Waals surface area contributed by atoms with E-state index in [2.05, 4.69) is 56.6 Å². The number of halogens is 1. The zero-order valence-corrected chi connectivity index (χ0v) is 22.2. The SMILES string of the molecule is CCNC(=NCc1ccnc(N2CCOC(C)C2)c1)NC1CCCN(c2cnn(C)c2)C1.I. The van der Waals surface area contributed by atoms with E-state index in [4.69, 9.17) is 9.73 Å². The van der Waals surface area contributed by atoms with Gasteiger partial charge >= 0.3 is 0 Å². The van der Waals surface area contributed by atoms with Crippen molar-refractivity contribution in [1.82, 2.24) is 25.4 Å². The summed E-state index contributed by atoms with van der Waals surface area (Å²) >= 11 is 0. The summed E-state index contributed by atoms with van der Waals surface area (Å²) in [6, 6.07) is 4.55. The van der Waals surface area contributed by atoms with E-state index in [1.54, 1.807) is 0 Å². The van der Waals surface area contributed by atoms with Crippen LogP contribution in [0.1, 0.15) is 32.3 Å². The van der Waals surface area contributed by atoms with E-state index < -0.39 is 0 Å². The van der Waals surface area contributed by atoms with Gasteiger partial charge < -0.3 is 25.2 Å². The Morgan fingerprint density at radius 1 is 1.27 bits per heavy atom. The first-order chi connectivity index (χ1) is 15.6. The third-order valence-corrected chi connectivity index (χ3v) is 5.96. The molecule has 2 N–H and O–H groups in total. The molecule has 0 spiro atoms. The van der Waals surface area contributed by atoms with E-state index in [0.717, 1.165) is 69.5 Å². The lowest BCUT2D eigenvalue weighted by Gasteiger charge is -2.34. The highest BCUT2D eigenvalue weighted by Gasteiger charge is 2.22. The number of nitrogens with zero attached hydrogens (tertiary/aromatic N) is 6. The fourth-order valence-corrected chi connectivity index (χ4v) is 4.34. The molecule has 182 valence electrons. The van der Waals surface area contributed by atoms with Gasteiger partial charge in [-0.2, -0.15) is 5.10 Å². The number of nitrogens with one attached hydrogen (secondary N) is 2. The van der Waals surface area contributed by atoms with Gasteiger partial charge in [-0.05, 0) is 44.4 Å². The zero-order chi connectivity index (χ0) is 22.3. The number of hydrogen-bond donors (Lipinski definition) is 2. The first-order valence-electron chi connectivity index (χ1n) is 11.7. The van der Waals surface area contributed by atoms with Crippen LogP contribution in [0.15, 0.2) is 35.7 Å². The summed E-state index contributed by atoms with van der Waals surface area (Å²) in [5.74, 6) is 1.87. The predicted molar refractivity (Wildman–Crippen MR) is 144 cm³/mol. The number of ether oxygens (including phenoxy) is 1. The molecule has 4 rings (SSSR count). The zero-order valence-electron chi connectivity index (χ0n) is 19.9. The van der Waals surface area contributed by atoms with Crippen molar-refractivity contribution in [2.45, 2.75) is 45.4 Å². The minimum absolute atomic E-state index is 0. The molecule has 0 radical (unpaired) electrons. The predicted octanol–water partition coefficient (Wildman–Crippen LogP) is 2.38. The number of aromatic nitrogens is 3. The lowest BCUT2D eigenvalue weighted by Crippen LogP contribution is -2.51. The maximum absolute atomic E-state index is 5.66. The second-order valence-corrected chi connectivity index (χ2v) is 8.65. The molecular formula is C23H37IN8O. The smallest absolute Gasteiger partial charge is 0.191 e. The highest BCUT2D eigenvalue weighted by Crippen LogP contribution is 2.19.